The third-order valence-electron chi connectivity index (χ3n) is 5.10. The lowest BCUT2D eigenvalue weighted by atomic mass is 10.3. The van der Waals surface area contributed by atoms with Crippen LogP contribution in [0.2, 0.25) is 5.02 Å². The fraction of sp³-hybridized carbons (Fsp3) is 0.211. The molecule has 1 amide bonds. The van der Waals surface area contributed by atoms with E-state index < -0.39 is 10.0 Å². The van der Waals surface area contributed by atoms with Crippen molar-refractivity contribution in [3.63, 3.8) is 0 Å². The number of carbonyl (C=O) groups excluding carboxylic acids is 1. The Bertz CT molecular complexity index is 1430. The Kier molecular flexibility index (Phi) is 5.10. The number of nitrogens with two attached hydrogens (primary N) is 1. The van der Waals surface area contributed by atoms with Gasteiger partial charge in [0.15, 0.2) is 0 Å². The third-order valence-corrected chi connectivity index (χ3v) is 9.75. The molecule has 8 nitrogen and oxygen atoms in total. The van der Waals surface area contributed by atoms with Gasteiger partial charge in [-0.2, -0.15) is 4.31 Å². The summed E-state index contributed by atoms with van der Waals surface area (Å²) in [5.74, 6) is 0.162. The molecule has 3 aromatic heterocycles. The van der Waals surface area contributed by atoms with Crippen LogP contribution in [0.5, 0.6) is 0 Å². The van der Waals surface area contributed by atoms with Crippen LogP contribution in [0.3, 0.4) is 0 Å². The number of nitrogens with zero attached hydrogens (tertiary/aromatic N) is 4. The van der Waals surface area contributed by atoms with Crippen molar-refractivity contribution >= 4 is 76.3 Å². The lowest BCUT2D eigenvalue weighted by molar-refractivity contribution is -0.134. The van der Waals surface area contributed by atoms with Crippen molar-refractivity contribution in [2.45, 2.75) is 10.8 Å². The third kappa shape index (κ3) is 3.76. The molecule has 1 saturated heterocycles. The minimum atomic E-state index is -3.76. The van der Waals surface area contributed by atoms with Crippen LogP contribution in [0, 0.1) is 0 Å². The molecule has 31 heavy (non-hydrogen) atoms. The second-order valence-corrected chi connectivity index (χ2v) is 11.9. The van der Waals surface area contributed by atoms with Crippen LogP contribution in [0.15, 0.2) is 40.9 Å². The summed E-state index contributed by atoms with van der Waals surface area (Å²) in [5, 5.41) is 2.13. The van der Waals surface area contributed by atoms with Crippen LogP contribution in [-0.4, -0.2) is 53.1 Å². The number of hydrogen-bond acceptors (Lipinski definition) is 8. The molecule has 0 radical (unpaired) electrons. The van der Waals surface area contributed by atoms with Crippen molar-refractivity contribution in [3.8, 4) is 0 Å². The summed E-state index contributed by atoms with van der Waals surface area (Å²) in [6.45, 7) is 0.735. The Hall–Kier alpha value is -2.31. The molecule has 5 rings (SSSR count). The van der Waals surface area contributed by atoms with E-state index in [2.05, 4.69) is 9.97 Å². The van der Waals surface area contributed by atoms with Crippen molar-refractivity contribution in [1.29, 1.82) is 0 Å². The van der Waals surface area contributed by atoms with Gasteiger partial charge in [-0.3, -0.25) is 4.79 Å². The quantitative estimate of drug-likeness (QED) is 0.467. The van der Waals surface area contributed by atoms with E-state index in [4.69, 9.17) is 17.3 Å². The number of nitrogen functional groups attached to an aromatic ring is 1. The largest absolute Gasteiger partial charge is 0.383 e. The predicted molar refractivity (Wildman–Crippen MR) is 123 cm³/mol. The molecule has 12 heteroatoms. The maximum Gasteiger partial charge on any atom is 0.253 e. The lowest BCUT2D eigenvalue weighted by Crippen LogP contribution is -2.51. The van der Waals surface area contributed by atoms with Gasteiger partial charge in [0.05, 0.1) is 18.5 Å². The van der Waals surface area contributed by atoms with Gasteiger partial charge in [0.2, 0.25) is 5.91 Å². The molecule has 4 heterocycles. The molecule has 0 saturated carbocycles. The van der Waals surface area contributed by atoms with Crippen molar-refractivity contribution < 1.29 is 13.2 Å². The molecule has 160 valence electrons. The van der Waals surface area contributed by atoms with Gasteiger partial charge in [-0.25, -0.2) is 18.4 Å². The van der Waals surface area contributed by atoms with Crippen LogP contribution in [-0.2, 0) is 21.4 Å². The van der Waals surface area contributed by atoms with Crippen molar-refractivity contribution in [2.24, 2.45) is 0 Å². The summed E-state index contributed by atoms with van der Waals surface area (Å²) in [5.41, 5.74) is 5.88. The van der Waals surface area contributed by atoms with Crippen molar-refractivity contribution in [3.05, 3.63) is 46.6 Å². The number of fused-ring (bicyclic) bond motifs is 2. The Balaban J connectivity index is 1.33. The highest BCUT2D eigenvalue weighted by molar-refractivity contribution is 7.91. The number of hydrogen-bond donors (Lipinski definition) is 1. The molecule has 1 aliphatic heterocycles. The molecular formula is C19H16ClN5O3S3. The molecule has 4 aromatic rings. The normalized spacial score (nSPS) is 15.9. The highest BCUT2D eigenvalue weighted by Crippen LogP contribution is 2.33. The first-order valence-electron chi connectivity index (χ1n) is 9.27. The average Bonchev–Trinajstić information content (AvgIpc) is 3.34. The Morgan fingerprint density at radius 1 is 1.13 bits per heavy atom. The molecule has 0 unspecified atom stereocenters. The molecule has 1 aromatic carbocycles. The lowest BCUT2D eigenvalue weighted by Gasteiger charge is -2.33. The first-order valence-corrected chi connectivity index (χ1v) is 12.7. The molecule has 1 aliphatic rings. The van der Waals surface area contributed by atoms with Gasteiger partial charge in [0, 0.05) is 27.7 Å². The highest BCUT2D eigenvalue weighted by Gasteiger charge is 2.34. The van der Waals surface area contributed by atoms with E-state index >= 15 is 0 Å². The summed E-state index contributed by atoms with van der Waals surface area (Å²) < 4.78 is 28.5. The second-order valence-electron chi connectivity index (χ2n) is 7.09. The summed E-state index contributed by atoms with van der Waals surface area (Å²) >= 11 is 8.62. The van der Waals surface area contributed by atoms with Gasteiger partial charge < -0.3 is 10.6 Å². The van der Waals surface area contributed by atoms with E-state index in [1.807, 2.05) is 6.07 Å². The maximum absolute atomic E-state index is 13.1. The molecule has 0 bridgehead atoms. The Morgan fingerprint density at radius 2 is 1.97 bits per heavy atom. The van der Waals surface area contributed by atoms with E-state index in [0.717, 1.165) is 36.5 Å². The van der Waals surface area contributed by atoms with Crippen LogP contribution in [0.25, 0.3) is 20.3 Å². The van der Waals surface area contributed by atoms with Gasteiger partial charge >= 0.3 is 0 Å². The maximum atomic E-state index is 13.1. The zero-order valence-corrected chi connectivity index (χ0v) is 19.2. The number of anilines is 1. The standard InChI is InChI=1S/C19H16ClN5O3S3/c20-12-2-1-11-5-17(30-15(11)6-12)31(27,28)25-4-3-24(16(26)9-25)8-13-7-14-18(21)22-10-23-19(14)29-13/h1-2,5-7,10H,3-4,8-9H2,(H2,21,22,23). The van der Waals surface area contributed by atoms with E-state index in [1.165, 1.54) is 22.0 Å². The van der Waals surface area contributed by atoms with Crippen molar-refractivity contribution in [2.75, 3.05) is 25.4 Å². The van der Waals surface area contributed by atoms with Crippen LogP contribution in [0.1, 0.15) is 4.88 Å². The molecule has 0 atom stereocenters. The average molecular weight is 494 g/mol. The number of carbonyl (C=O) groups is 1. The number of rotatable bonds is 4. The topological polar surface area (TPSA) is 109 Å². The number of sulfonamides is 1. The Labute approximate surface area is 190 Å². The van der Waals surface area contributed by atoms with Crippen LogP contribution in [0.4, 0.5) is 5.82 Å². The van der Waals surface area contributed by atoms with Crippen molar-refractivity contribution in [1.82, 2.24) is 19.2 Å². The molecule has 1 fully saturated rings. The van der Waals surface area contributed by atoms with Gasteiger partial charge in [0.25, 0.3) is 10.0 Å². The minimum absolute atomic E-state index is 0.190. The second kappa shape index (κ2) is 7.68. The van der Waals surface area contributed by atoms with Crippen LogP contribution < -0.4 is 5.73 Å². The zero-order valence-electron chi connectivity index (χ0n) is 16.0. The smallest absolute Gasteiger partial charge is 0.253 e. The number of benzene rings is 1. The number of aromatic nitrogens is 2. The SMILES string of the molecule is Nc1ncnc2sc(CN3CCN(S(=O)(=O)c4cc5ccc(Cl)cc5s4)CC3=O)cc12. The first kappa shape index (κ1) is 20.6. The number of halogens is 1. The van der Waals surface area contributed by atoms with E-state index in [0.29, 0.717) is 23.9 Å². The minimum Gasteiger partial charge on any atom is -0.383 e. The predicted octanol–water partition coefficient (Wildman–Crippen LogP) is 3.17. The molecule has 0 aliphatic carbocycles. The van der Waals surface area contributed by atoms with E-state index in [9.17, 15) is 13.2 Å². The van der Waals surface area contributed by atoms with Gasteiger partial charge in [-0.15, -0.1) is 22.7 Å². The zero-order chi connectivity index (χ0) is 21.8. The summed E-state index contributed by atoms with van der Waals surface area (Å²) in [7, 11) is -3.76. The number of piperazine rings is 1. The highest BCUT2D eigenvalue weighted by atomic mass is 35.5. The fourth-order valence-electron chi connectivity index (χ4n) is 3.48. The van der Waals surface area contributed by atoms with Gasteiger partial charge in [-0.05, 0) is 29.7 Å². The number of amides is 1. The summed E-state index contributed by atoms with van der Waals surface area (Å²) in [6, 6.07) is 8.77. The monoisotopic (exact) mass is 493 g/mol. The van der Waals surface area contributed by atoms with Crippen LogP contribution >= 0.6 is 34.3 Å². The van der Waals surface area contributed by atoms with Gasteiger partial charge in [-0.1, -0.05) is 17.7 Å². The van der Waals surface area contributed by atoms with Gasteiger partial charge in [0.1, 0.15) is 21.2 Å². The fourth-order valence-corrected chi connectivity index (χ4v) is 7.71. The molecule has 0 spiro atoms. The van der Waals surface area contributed by atoms with E-state index in [-0.39, 0.29) is 23.2 Å². The molecular weight excluding hydrogens is 478 g/mol. The summed E-state index contributed by atoms with van der Waals surface area (Å²) in [4.78, 5) is 24.3. The Morgan fingerprint density at radius 3 is 2.74 bits per heavy atom. The molecule has 2 N–H and O–H groups in total. The summed E-state index contributed by atoms with van der Waals surface area (Å²) in [6.07, 6.45) is 1.41. The number of thiophene rings is 2. The van der Waals surface area contributed by atoms with E-state index in [1.54, 1.807) is 29.2 Å². The first-order chi connectivity index (χ1) is 14.8.